The van der Waals surface area contributed by atoms with Gasteiger partial charge in [0.1, 0.15) is 4.21 Å². The van der Waals surface area contributed by atoms with E-state index in [4.69, 9.17) is 0 Å². The Balaban J connectivity index is 1.85. The van der Waals surface area contributed by atoms with E-state index >= 15 is 0 Å². The molecule has 118 valence electrons. The minimum Gasteiger partial charge on any atom is -0.356 e. The second-order valence-electron chi connectivity index (χ2n) is 5.33. The second-order valence-corrected chi connectivity index (χ2v) is 8.45. The SMILES string of the molecule is CCCNC(=O)CC1CCN(S(=O)(=O)c2cccs2)CC1. The first-order valence-electron chi connectivity index (χ1n) is 7.34. The minimum atomic E-state index is -3.33. The van der Waals surface area contributed by atoms with Crippen LogP contribution in [0, 0.1) is 5.92 Å². The number of sulfonamides is 1. The Kier molecular flexibility index (Phi) is 5.78. The molecule has 1 aromatic heterocycles. The fraction of sp³-hybridized carbons (Fsp3) is 0.643. The number of carbonyl (C=O) groups is 1. The van der Waals surface area contributed by atoms with Gasteiger partial charge in [-0.2, -0.15) is 4.31 Å². The summed E-state index contributed by atoms with van der Waals surface area (Å²) in [7, 11) is -3.33. The van der Waals surface area contributed by atoms with Crippen LogP contribution in [0.15, 0.2) is 21.7 Å². The molecule has 0 radical (unpaired) electrons. The lowest BCUT2D eigenvalue weighted by atomic mass is 9.94. The van der Waals surface area contributed by atoms with Gasteiger partial charge >= 0.3 is 0 Å². The first-order valence-corrected chi connectivity index (χ1v) is 9.66. The molecule has 1 N–H and O–H groups in total. The van der Waals surface area contributed by atoms with Gasteiger partial charge in [-0.15, -0.1) is 11.3 Å². The van der Waals surface area contributed by atoms with Crippen molar-refractivity contribution < 1.29 is 13.2 Å². The molecule has 0 aliphatic carbocycles. The van der Waals surface area contributed by atoms with Crippen molar-refractivity contribution in [2.24, 2.45) is 5.92 Å². The van der Waals surface area contributed by atoms with E-state index in [9.17, 15) is 13.2 Å². The summed E-state index contributed by atoms with van der Waals surface area (Å²) in [6.07, 6.45) is 2.95. The van der Waals surface area contributed by atoms with Crippen LogP contribution in [0.2, 0.25) is 0 Å². The molecule has 0 atom stereocenters. The molecule has 2 rings (SSSR count). The van der Waals surface area contributed by atoms with Gasteiger partial charge in [0, 0.05) is 26.1 Å². The van der Waals surface area contributed by atoms with Crippen molar-refractivity contribution >= 4 is 27.3 Å². The zero-order valence-electron chi connectivity index (χ0n) is 12.2. The highest BCUT2D eigenvalue weighted by Gasteiger charge is 2.30. The lowest BCUT2D eigenvalue weighted by Crippen LogP contribution is -2.39. The molecule has 0 aromatic carbocycles. The predicted octanol–water partition coefficient (Wildman–Crippen LogP) is 2.07. The monoisotopic (exact) mass is 330 g/mol. The molecule has 0 bridgehead atoms. The Labute approximate surface area is 130 Å². The molecular formula is C14H22N2O3S2. The van der Waals surface area contributed by atoms with Crippen molar-refractivity contribution in [1.82, 2.24) is 9.62 Å². The molecule has 5 nitrogen and oxygen atoms in total. The molecule has 1 aliphatic rings. The van der Waals surface area contributed by atoms with Crippen molar-refractivity contribution in [2.45, 2.75) is 36.8 Å². The normalized spacial score (nSPS) is 17.8. The summed E-state index contributed by atoms with van der Waals surface area (Å²) >= 11 is 1.25. The van der Waals surface area contributed by atoms with E-state index < -0.39 is 10.0 Å². The minimum absolute atomic E-state index is 0.0800. The molecule has 0 spiro atoms. The number of piperidine rings is 1. The molecule has 2 heterocycles. The summed E-state index contributed by atoms with van der Waals surface area (Å²) in [5.74, 6) is 0.369. The number of thiophene rings is 1. The number of nitrogens with zero attached hydrogens (tertiary/aromatic N) is 1. The fourth-order valence-corrected chi connectivity index (χ4v) is 5.10. The fourth-order valence-electron chi connectivity index (χ4n) is 2.49. The van der Waals surface area contributed by atoms with E-state index in [1.165, 1.54) is 11.3 Å². The molecular weight excluding hydrogens is 308 g/mol. The van der Waals surface area contributed by atoms with Gasteiger partial charge in [0.25, 0.3) is 10.0 Å². The Hall–Kier alpha value is -0.920. The molecule has 7 heteroatoms. The molecule has 21 heavy (non-hydrogen) atoms. The summed E-state index contributed by atoms with van der Waals surface area (Å²) in [4.78, 5) is 11.7. The summed E-state index contributed by atoms with van der Waals surface area (Å²) in [6, 6.07) is 3.40. The Bertz CT molecular complexity index is 547. The van der Waals surface area contributed by atoms with E-state index in [2.05, 4.69) is 5.32 Å². The number of amides is 1. The molecule has 1 saturated heterocycles. The van der Waals surface area contributed by atoms with Gasteiger partial charge in [0.15, 0.2) is 0 Å². The van der Waals surface area contributed by atoms with Crippen molar-refractivity contribution in [3.8, 4) is 0 Å². The predicted molar refractivity (Wildman–Crippen MR) is 83.7 cm³/mol. The van der Waals surface area contributed by atoms with Gasteiger partial charge in [0.05, 0.1) is 0 Å². The summed E-state index contributed by atoms with van der Waals surface area (Å²) in [5.41, 5.74) is 0. The van der Waals surface area contributed by atoms with Crippen LogP contribution in [0.3, 0.4) is 0 Å². The first kappa shape index (κ1) is 16.5. The average molecular weight is 330 g/mol. The summed E-state index contributed by atoms with van der Waals surface area (Å²) in [6.45, 7) is 3.75. The second kappa shape index (κ2) is 7.38. The van der Waals surface area contributed by atoms with E-state index in [0.717, 1.165) is 19.3 Å². The summed E-state index contributed by atoms with van der Waals surface area (Å²) in [5, 5.41) is 4.65. The van der Waals surface area contributed by atoms with Gasteiger partial charge in [-0.3, -0.25) is 4.79 Å². The number of hydrogen-bond acceptors (Lipinski definition) is 4. The third-order valence-electron chi connectivity index (χ3n) is 3.71. The molecule has 1 aliphatic heterocycles. The van der Waals surface area contributed by atoms with Crippen LogP contribution in [-0.4, -0.2) is 38.3 Å². The van der Waals surface area contributed by atoms with Crippen LogP contribution in [-0.2, 0) is 14.8 Å². The number of nitrogens with one attached hydrogen (secondary N) is 1. The smallest absolute Gasteiger partial charge is 0.252 e. The van der Waals surface area contributed by atoms with Crippen LogP contribution < -0.4 is 5.32 Å². The molecule has 0 saturated carbocycles. The Morgan fingerprint density at radius 3 is 2.71 bits per heavy atom. The van der Waals surface area contributed by atoms with Crippen LogP contribution in [0.5, 0.6) is 0 Å². The average Bonchev–Trinajstić information content (AvgIpc) is 3.00. The van der Waals surface area contributed by atoms with Gasteiger partial charge < -0.3 is 5.32 Å². The highest BCUT2D eigenvalue weighted by atomic mass is 32.2. The van der Waals surface area contributed by atoms with Gasteiger partial charge in [-0.05, 0) is 36.6 Å². The zero-order valence-corrected chi connectivity index (χ0v) is 13.9. The van der Waals surface area contributed by atoms with Crippen LogP contribution in [0.1, 0.15) is 32.6 Å². The van der Waals surface area contributed by atoms with Crippen LogP contribution >= 0.6 is 11.3 Å². The largest absolute Gasteiger partial charge is 0.356 e. The third kappa shape index (κ3) is 4.28. The summed E-state index contributed by atoms with van der Waals surface area (Å²) < 4.78 is 26.7. The van der Waals surface area contributed by atoms with Crippen molar-refractivity contribution in [2.75, 3.05) is 19.6 Å². The highest BCUT2D eigenvalue weighted by Crippen LogP contribution is 2.27. The van der Waals surface area contributed by atoms with Crippen molar-refractivity contribution in [3.05, 3.63) is 17.5 Å². The van der Waals surface area contributed by atoms with E-state index in [-0.39, 0.29) is 11.8 Å². The van der Waals surface area contributed by atoms with E-state index in [0.29, 0.717) is 30.3 Å². The van der Waals surface area contributed by atoms with Crippen molar-refractivity contribution in [3.63, 3.8) is 0 Å². The lowest BCUT2D eigenvalue weighted by Gasteiger charge is -2.30. The maximum atomic E-state index is 12.4. The van der Waals surface area contributed by atoms with Gasteiger partial charge in [-0.25, -0.2) is 8.42 Å². The number of carbonyl (C=O) groups excluding carboxylic acids is 1. The molecule has 1 aromatic rings. The molecule has 1 fully saturated rings. The van der Waals surface area contributed by atoms with Crippen LogP contribution in [0.25, 0.3) is 0 Å². The standard InChI is InChI=1S/C14H22N2O3S2/c1-2-7-15-13(17)11-12-5-8-16(9-6-12)21(18,19)14-4-3-10-20-14/h3-4,10,12H,2,5-9,11H2,1H3,(H,15,17). The van der Waals surface area contributed by atoms with E-state index in [1.54, 1.807) is 21.8 Å². The van der Waals surface area contributed by atoms with Gasteiger partial charge in [0.2, 0.25) is 5.91 Å². The lowest BCUT2D eigenvalue weighted by molar-refractivity contribution is -0.122. The van der Waals surface area contributed by atoms with Crippen LogP contribution in [0.4, 0.5) is 0 Å². The zero-order chi connectivity index (χ0) is 15.3. The molecule has 0 unspecified atom stereocenters. The highest BCUT2D eigenvalue weighted by molar-refractivity contribution is 7.91. The quantitative estimate of drug-likeness (QED) is 0.868. The van der Waals surface area contributed by atoms with E-state index in [1.807, 2.05) is 6.92 Å². The van der Waals surface area contributed by atoms with Crippen molar-refractivity contribution in [1.29, 1.82) is 0 Å². The maximum Gasteiger partial charge on any atom is 0.252 e. The topological polar surface area (TPSA) is 66.5 Å². The molecule has 1 amide bonds. The number of rotatable bonds is 6. The maximum absolute atomic E-state index is 12.4. The third-order valence-corrected chi connectivity index (χ3v) is 6.98. The Morgan fingerprint density at radius 1 is 1.43 bits per heavy atom. The number of hydrogen-bond donors (Lipinski definition) is 1. The van der Waals surface area contributed by atoms with Gasteiger partial charge in [-0.1, -0.05) is 13.0 Å². The Morgan fingerprint density at radius 2 is 2.14 bits per heavy atom. The first-order chi connectivity index (χ1) is 10.0.